The van der Waals surface area contributed by atoms with Crippen molar-refractivity contribution in [1.82, 2.24) is 15.5 Å². The number of para-hydroxylation sites is 1. The lowest BCUT2D eigenvalue weighted by Crippen LogP contribution is -2.12. The van der Waals surface area contributed by atoms with Crippen LogP contribution in [0.25, 0.3) is 11.5 Å². The Morgan fingerprint density at radius 3 is 2.94 bits per heavy atom. The SMILES string of the molecule is Nc1ccccc1-c1nnc(C2CCCN2)o1. The van der Waals surface area contributed by atoms with E-state index in [4.69, 9.17) is 10.2 Å². The third-order valence-corrected chi connectivity index (χ3v) is 2.99. The number of hydrogen-bond donors (Lipinski definition) is 2. The number of benzene rings is 1. The maximum atomic E-state index is 5.87. The number of rotatable bonds is 2. The van der Waals surface area contributed by atoms with E-state index >= 15 is 0 Å². The third-order valence-electron chi connectivity index (χ3n) is 2.99. The monoisotopic (exact) mass is 230 g/mol. The Morgan fingerprint density at radius 2 is 2.18 bits per heavy atom. The van der Waals surface area contributed by atoms with Gasteiger partial charge in [-0.05, 0) is 31.5 Å². The summed E-state index contributed by atoms with van der Waals surface area (Å²) < 4.78 is 5.67. The van der Waals surface area contributed by atoms with E-state index in [2.05, 4.69) is 15.5 Å². The van der Waals surface area contributed by atoms with Crippen molar-refractivity contribution in [1.29, 1.82) is 0 Å². The Kier molecular flexibility index (Phi) is 2.53. The van der Waals surface area contributed by atoms with E-state index in [1.165, 1.54) is 0 Å². The normalized spacial score (nSPS) is 19.6. The van der Waals surface area contributed by atoms with E-state index in [9.17, 15) is 0 Å². The van der Waals surface area contributed by atoms with Crippen LogP contribution in [-0.4, -0.2) is 16.7 Å². The lowest BCUT2D eigenvalue weighted by atomic mass is 10.2. The van der Waals surface area contributed by atoms with Crippen LogP contribution >= 0.6 is 0 Å². The molecule has 5 heteroatoms. The van der Waals surface area contributed by atoms with Crippen LogP contribution in [0.1, 0.15) is 24.8 Å². The predicted octanol–water partition coefficient (Wildman–Crippen LogP) is 1.74. The van der Waals surface area contributed by atoms with Crippen LogP contribution < -0.4 is 11.1 Å². The van der Waals surface area contributed by atoms with Crippen LogP contribution in [0.2, 0.25) is 0 Å². The molecule has 0 radical (unpaired) electrons. The molecule has 0 amide bonds. The molecule has 17 heavy (non-hydrogen) atoms. The molecule has 88 valence electrons. The number of nitrogen functional groups attached to an aromatic ring is 1. The predicted molar refractivity (Wildman–Crippen MR) is 64.1 cm³/mol. The number of aromatic nitrogens is 2. The zero-order chi connectivity index (χ0) is 11.7. The van der Waals surface area contributed by atoms with Crippen LogP contribution in [0.3, 0.4) is 0 Å². The summed E-state index contributed by atoms with van der Waals surface area (Å²) in [7, 11) is 0. The quantitative estimate of drug-likeness (QED) is 0.768. The molecule has 0 aliphatic carbocycles. The van der Waals surface area contributed by atoms with Gasteiger partial charge in [0.2, 0.25) is 11.8 Å². The fraction of sp³-hybridized carbons (Fsp3) is 0.333. The number of nitrogens with two attached hydrogens (primary N) is 1. The molecule has 3 N–H and O–H groups in total. The van der Waals surface area contributed by atoms with Gasteiger partial charge < -0.3 is 15.5 Å². The maximum absolute atomic E-state index is 5.87. The van der Waals surface area contributed by atoms with Crippen molar-refractivity contribution in [3.8, 4) is 11.5 Å². The van der Waals surface area contributed by atoms with Crippen LogP contribution in [-0.2, 0) is 0 Å². The number of nitrogens with zero attached hydrogens (tertiary/aromatic N) is 2. The molecule has 1 saturated heterocycles. The van der Waals surface area contributed by atoms with Gasteiger partial charge >= 0.3 is 0 Å². The molecular weight excluding hydrogens is 216 g/mol. The van der Waals surface area contributed by atoms with Crippen molar-refractivity contribution in [2.24, 2.45) is 0 Å². The van der Waals surface area contributed by atoms with E-state index in [1.807, 2.05) is 24.3 Å². The molecule has 1 aliphatic heterocycles. The van der Waals surface area contributed by atoms with Crippen LogP contribution in [0.5, 0.6) is 0 Å². The highest BCUT2D eigenvalue weighted by Crippen LogP contribution is 2.28. The summed E-state index contributed by atoms with van der Waals surface area (Å²) in [6.45, 7) is 1.01. The third kappa shape index (κ3) is 1.89. The van der Waals surface area contributed by atoms with Crippen LogP contribution in [0.4, 0.5) is 5.69 Å². The smallest absolute Gasteiger partial charge is 0.249 e. The summed E-state index contributed by atoms with van der Waals surface area (Å²) in [5.74, 6) is 1.15. The number of hydrogen-bond acceptors (Lipinski definition) is 5. The lowest BCUT2D eigenvalue weighted by molar-refractivity contribution is 0.437. The van der Waals surface area contributed by atoms with Gasteiger partial charge in [0.25, 0.3) is 0 Å². The van der Waals surface area contributed by atoms with E-state index in [0.29, 0.717) is 17.5 Å². The Balaban J connectivity index is 1.92. The van der Waals surface area contributed by atoms with Gasteiger partial charge in [0.05, 0.1) is 11.6 Å². The van der Waals surface area contributed by atoms with Gasteiger partial charge in [-0.2, -0.15) is 0 Å². The maximum Gasteiger partial charge on any atom is 0.249 e. The Bertz CT molecular complexity index is 517. The fourth-order valence-electron chi connectivity index (χ4n) is 2.07. The largest absolute Gasteiger partial charge is 0.419 e. The number of nitrogens with one attached hydrogen (secondary N) is 1. The molecule has 1 aromatic carbocycles. The summed E-state index contributed by atoms with van der Waals surface area (Å²) in [6.07, 6.45) is 2.20. The topological polar surface area (TPSA) is 77.0 Å². The minimum absolute atomic E-state index is 0.196. The standard InChI is InChI=1S/C12H14N4O/c13-9-5-2-1-4-8(9)11-15-16-12(17-11)10-6-3-7-14-10/h1-2,4-5,10,14H,3,6-7,13H2. The van der Waals surface area contributed by atoms with Gasteiger partial charge in [0, 0.05) is 5.69 Å². The van der Waals surface area contributed by atoms with Gasteiger partial charge in [0.1, 0.15) is 0 Å². The minimum Gasteiger partial charge on any atom is -0.419 e. The lowest BCUT2D eigenvalue weighted by Gasteiger charge is -2.03. The number of anilines is 1. The summed E-state index contributed by atoms with van der Waals surface area (Å²) in [5, 5.41) is 11.5. The first-order valence-electron chi connectivity index (χ1n) is 5.76. The van der Waals surface area contributed by atoms with Crippen molar-refractivity contribution >= 4 is 5.69 Å². The van der Waals surface area contributed by atoms with Gasteiger partial charge in [-0.15, -0.1) is 10.2 Å². The molecule has 0 spiro atoms. The van der Waals surface area contributed by atoms with Crippen LogP contribution in [0.15, 0.2) is 28.7 Å². The van der Waals surface area contributed by atoms with Gasteiger partial charge in [0.15, 0.2) is 0 Å². The molecule has 1 aliphatic rings. The summed E-state index contributed by atoms with van der Waals surface area (Å²) in [4.78, 5) is 0. The highest BCUT2D eigenvalue weighted by Gasteiger charge is 2.22. The first-order chi connectivity index (χ1) is 8.34. The molecule has 3 rings (SSSR count). The van der Waals surface area contributed by atoms with Gasteiger partial charge in [-0.1, -0.05) is 12.1 Å². The van der Waals surface area contributed by atoms with E-state index in [-0.39, 0.29) is 6.04 Å². The molecule has 1 unspecified atom stereocenters. The molecule has 2 aromatic rings. The summed E-state index contributed by atoms with van der Waals surface area (Å²) in [6, 6.07) is 7.70. The first kappa shape index (κ1) is 10.3. The second-order valence-electron chi connectivity index (χ2n) is 4.18. The van der Waals surface area contributed by atoms with E-state index < -0.39 is 0 Å². The molecule has 1 fully saturated rings. The van der Waals surface area contributed by atoms with Crippen molar-refractivity contribution in [3.63, 3.8) is 0 Å². The minimum atomic E-state index is 0.196. The van der Waals surface area contributed by atoms with Gasteiger partial charge in [-0.25, -0.2) is 0 Å². The average Bonchev–Trinajstić information content (AvgIpc) is 3.00. The molecule has 1 atom stereocenters. The second kappa shape index (κ2) is 4.18. The zero-order valence-electron chi connectivity index (χ0n) is 9.39. The Labute approximate surface area is 99.0 Å². The molecule has 0 saturated carbocycles. The highest BCUT2D eigenvalue weighted by molar-refractivity contribution is 5.69. The Morgan fingerprint density at radius 1 is 1.29 bits per heavy atom. The van der Waals surface area contributed by atoms with Crippen molar-refractivity contribution in [2.75, 3.05) is 12.3 Å². The molecule has 5 nitrogen and oxygen atoms in total. The zero-order valence-corrected chi connectivity index (χ0v) is 9.39. The van der Waals surface area contributed by atoms with Crippen molar-refractivity contribution < 1.29 is 4.42 Å². The molecule has 1 aromatic heterocycles. The summed E-state index contributed by atoms with van der Waals surface area (Å²) in [5.41, 5.74) is 7.32. The van der Waals surface area contributed by atoms with Crippen molar-refractivity contribution in [3.05, 3.63) is 30.2 Å². The molecular formula is C12H14N4O. The van der Waals surface area contributed by atoms with Gasteiger partial charge in [-0.3, -0.25) is 0 Å². The average molecular weight is 230 g/mol. The molecule has 2 heterocycles. The molecule has 0 bridgehead atoms. The van der Waals surface area contributed by atoms with E-state index in [1.54, 1.807) is 0 Å². The van der Waals surface area contributed by atoms with Crippen LogP contribution in [0, 0.1) is 0 Å². The van der Waals surface area contributed by atoms with Crippen molar-refractivity contribution in [2.45, 2.75) is 18.9 Å². The van der Waals surface area contributed by atoms with E-state index in [0.717, 1.165) is 24.9 Å². The second-order valence-corrected chi connectivity index (χ2v) is 4.18. The Hall–Kier alpha value is -1.88. The highest BCUT2D eigenvalue weighted by atomic mass is 16.4. The first-order valence-corrected chi connectivity index (χ1v) is 5.76. The fourth-order valence-corrected chi connectivity index (χ4v) is 2.07. The summed E-state index contributed by atoms with van der Waals surface area (Å²) >= 11 is 0.